The molecule has 2 aromatic carbocycles. The second kappa shape index (κ2) is 7.76. The summed E-state index contributed by atoms with van der Waals surface area (Å²) in [4.78, 5) is 12.1. The molecule has 3 rings (SSSR count). The summed E-state index contributed by atoms with van der Waals surface area (Å²) >= 11 is 11.7. The minimum absolute atomic E-state index is 0.100. The molecule has 0 spiro atoms. The second-order valence-electron chi connectivity index (χ2n) is 5.46. The molecule has 1 heterocycles. The number of carbonyl (C=O) groups excluding carboxylic acids is 1. The molecule has 0 aliphatic carbocycles. The van der Waals surface area contributed by atoms with Crippen molar-refractivity contribution in [1.82, 2.24) is 9.78 Å². The summed E-state index contributed by atoms with van der Waals surface area (Å²) in [5, 5.41) is 7.80. The first-order valence-corrected chi connectivity index (χ1v) is 8.35. The van der Waals surface area contributed by atoms with Crippen LogP contribution in [0.2, 0.25) is 10.0 Å². The van der Waals surface area contributed by atoms with Crippen molar-refractivity contribution in [2.45, 2.75) is 0 Å². The van der Waals surface area contributed by atoms with Crippen molar-refractivity contribution in [3.8, 4) is 17.0 Å². The average Bonchev–Trinajstić information content (AvgIpc) is 2.95. The highest BCUT2D eigenvalue weighted by atomic mass is 35.5. The zero-order valence-electron chi connectivity index (χ0n) is 13.7. The van der Waals surface area contributed by atoms with Gasteiger partial charge < -0.3 is 10.1 Å². The number of hydrogen-bond donors (Lipinski definition) is 1. The van der Waals surface area contributed by atoms with Crippen LogP contribution in [-0.2, 0) is 11.8 Å². The Labute approximate surface area is 159 Å². The van der Waals surface area contributed by atoms with Crippen molar-refractivity contribution in [2.24, 2.45) is 7.05 Å². The highest BCUT2D eigenvalue weighted by Crippen LogP contribution is 2.25. The van der Waals surface area contributed by atoms with E-state index in [1.807, 2.05) is 12.1 Å². The van der Waals surface area contributed by atoms with Gasteiger partial charge in [-0.25, -0.2) is 4.39 Å². The van der Waals surface area contributed by atoms with Gasteiger partial charge in [-0.1, -0.05) is 35.3 Å². The van der Waals surface area contributed by atoms with E-state index in [0.29, 0.717) is 16.5 Å². The molecule has 8 heteroatoms. The maximum absolute atomic E-state index is 13.0. The minimum atomic E-state index is -0.476. The summed E-state index contributed by atoms with van der Waals surface area (Å²) in [7, 11) is 1.72. The molecule has 0 radical (unpaired) electrons. The molecule has 1 N–H and O–H groups in total. The Morgan fingerprint density at radius 2 is 1.92 bits per heavy atom. The van der Waals surface area contributed by atoms with Gasteiger partial charge in [0.25, 0.3) is 5.91 Å². The van der Waals surface area contributed by atoms with E-state index >= 15 is 0 Å². The van der Waals surface area contributed by atoms with Crippen LogP contribution in [0.4, 0.5) is 10.2 Å². The number of amides is 1. The van der Waals surface area contributed by atoms with Crippen molar-refractivity contribution < 1.29 is 13.9 Å². The van der Waals surface area contributed by atoms with Crippen LogP contribution in [0.1, 0.15) is 0 Å². The van der Waals surface area contributed by atoms with E-state index in [0.717, 1.165) is 11.6 Å². The van der Waals surface area contributed by atoms with Gasteiger partial charge in [0.15, 0.2) is 6.61 Å². The first kappa shape index (κ1) is 18.2. The fraction of sp³-hybridized carbons (Fsp3) is 0.111. The lowest BCUT2D eigenvalue weighted by Gasteiger charge is -2.08. The van der Waals surface area contributed by atoms with E-state index in [4.69, 9.17) is 27.9 Å². The SMILES string of the molecule is Cn1nc(-c2ccc(Cl)cc2)cc1NC(=O)COc1ccc(F)cc1Cl. The summed E-state index contributed by atoms with van der Waals surface area (Å²) in [6.45, 7) is -0.271. The van der Waals surface area contributed by atoms with Gasteiger partial charge in [0.2, 0.25) is 0 Å². The predicted molar refractivity (Wildman–Crippen MR) is 99.2 cm³/mol. The fourth-order valence-corrected chi connectivity index (χ4v) is 2.61. The molecule has 1 aromatic heterocycles. The number of benzene rings is 2. The van der Waals surface area contributed by atoms with Crippen molar-refractivity contribution in [2.75, 3.05) is 11.9 Å². The number of nitrogens with one attached hydrogen (secondary N) is 1. The fourth-order valence-electron chi connectivity index (χ4n) is 2.26. The summed E-state index contributed by atoms with van der Waals surface area (Å²) in [5.41, 5.74) is 1.57. The molecule has 134 valence electrons. The average molecular weight is 394 g/mol. The highest BCUT2D eigenvalue weighted by Gasteiger charge is 2.12. The lowest BCUT2D eigenvalue weighted by molar-refractivity contribution is -0.118. The largest absolute Gasteiger partial charge is 0.482 e. The molecule has 3 aromatic rings. The topological polar surface area (TPSA) is 56.2 Å². The van der Waals surface area contributed by atoms with Gasteiger partial charge in [0.1, 0.15) is 17.4 Å². The highest BCUT2D eigenvalue weighted by molar-refractivity contribution is 6.32. The van der Waals surface area contributed by atoms with E-state index in [2.05, 4.69) is 10.4 Å². The maximum atomic E-state index is 13.0. The van der Waals surface area contributed by atoms with E-state index < -0.39 is 11.7 Å². The Kier molecular flexibility index (Phi) is 5.44. The zero-order valence-corrected chi connectivity index (χ0v) is 15.2. The number of rotatable bonds is 5. The van der Waals surface area contributed by atoms with E-state index in [-0.39, 0.29) is 17.4 Å². The Morgan fingerprint density at radius 3 is 2.62 bits per heavy atom. The van der Waals surface area contributed by atoms with Gasteiger partial charge in [-0.15, -0.1) is 0 Å². The van der Waals surface area contributed by atoms with Crippen LogP contribution in [0.15, 0.2) is 48.5 Å². The Morgan fingerprint density at radius 1 is 1.19 bits per heavy atom. The second-order valence-corrected chi connectivity index (χ2v) is 6.30. The first-order chi connectivity index (χ1) is 12.4. The Hall–Kier alpha value is -2.57. The minimum Gasteiger partial charge on any atom is -0.482 e. The number of ether oxygens (including phenoxy) is 1. The molecule has 5 nitrogen and oxygen atoms in total. The number of halogens is 3. The van der Waals surface area contributed by atoms with Crippen LogP contribution >= 0.6 is 23.2 Å². The molecule has 0 unspecified atom stereocenters. The summed E-state index contributed by atoms with van der Waals surface area (Å²) < 4.78 is 19.9. The van der Waals surface area contributed by atoms with Crippen molar-refractivity contribution in [3.63, 3.8) is 0 Å². The van der Waals surface area contributed by atoms with Gasteiger partial charge in [0, 0.05) is 23.7 Å². The number of aromatic nitrogens is 2. The lowest BCUT2D eigenvalue weighted by atomic mass is 10.1. The molecule has 0 fully saturated rings. The lowest BCUT2D eigenvalue weighted by Crippen LogP contribution is -2.21. The molecule has 0 saturated heterocycles. The normalized spacial score (nSPS) is 10.6. The van der Waals surface area contributed by atoms with Crippen molar-refractivity contribution >= 4 is 34.9 Å². The van der Waals surface area contributed by atoms with Crippen LogP contribution in [0.25, 0.3) is 11.3 Å². The Bertz CT molecular complexity index is 942. The van der Waals surface area contributed by atoms with Crippen LogP contribution in [0, 0.1) is 5.82 Å². The third-order valence-corrected chi connectivity index (χ3v) is 4.09. The van der Waals surface area contributed by atoms with Gasteiger partial charge >= 0.3 is 0 Å². The number of anilines is 1. The number of nitrogens with zero attached hydrogens (tertiary/aromatic N) is 2. The monoisotopic (exact) mass is 393 g/mol. The smallest absolute Gasteiger partial charge is 0.263 e. The van der Waals surface area contributed by atoms with E-state index in [9.17, 15) is 9.18 Å². The summed E-state index contributed by atoms with van der Waals surface area (Å²) in [6, 6.07) is 12.7. The van der Waals surface area contributed by atoms with E-state index in [1.54, 1.807) is 29.9 Å². The van der Waals surface area contributed by atoms with Gasteiger partial charge in [-0.05, 0) is 30.3 Å². The predicted octanol–water partition coefficient (Wildman–Crippen LogP) is 4.55. The molecule has 0 aliphatic rings. The number of hydrogen-bond acceptors (Lipinski definition) is 3. The van der Waals surface area contributed by atoms with Crippen LogP contribution in [0.3, 0.4) is 0 Å². The maximum Gasteiger partial charge on any atom is 0.263 e. The zero-order chi connectivity index (χ0) is 18.7. The van der Waals surface area contributed by atoms with Crippen LogP contribution in [0.5, 0.6) is 5.75 Å². The third-order valence-electron chi connectivity index (χ3n) is 3.54. The molecular formula is C18H14Cl2FN3O2. The number of aryl methyl sites for hydroxylation is 1. The molecule has 0 saturated carbocycles. The molecule has 26 heavy (non-hydrogen) atoms. The van der Waals surface area contributed by atoms with Crippen molar-refractivity contribution in [3.05, 3.63) is 64.4 Å². The number of carbonyl (C=O) groups is 1. The van der Waals surface area contributed by atoms with Gasteiger partial charge in [-0.2, -0.15) is 5.10 Å². The molecular weight excluding hydrogens is 380 g/mol. The van der Waals surface area contributed by atoms with Gasteiger partial charge in [0.05, 0.1) is 10.7 Å². The quantitative estimate of drug-likeness (QED) is 0.691. The summed E-state index contributed by atoms with van der Waals surface area (Å²) in [6.07, 6.45) is 0. The molecule has 0 atom stereocenters. The molecule has 0 bridgehead atoms. The first-order valence-electron chi connectivity index (χ1n) is 7.60. The summed E-state index contributed by atoms with van der Waals surface area (Å²) in [5.74, 6) is -0.128. The molecule has 1 amide bonds. The third kappa shape index (κ3) is 4.33. The van der Waals surface area contributed by atoms with Crippen molar-refractivity contribution in [1.29, 1.82) is 0 Å². The van der Waals surface area contributed by atoms with Crippen LogP contribution in [-0.4, -0.2) is 22.3 Å². The molecule has 0 aliphatic heterocycles. The Balaban J connectivity index is 1.65. The van der Waals surface area contributed by atoms with E-state index in [1.165, 1.54) is 12.1 Å². The van der Waals surface area contributed by atoms with Crippen LogP contribution < -0.4 is 10.1 Å². The standard InChI is InChI=1S/C18H14Cl2FN3O2/c1-24-17(9-15(23-24)11-2-4-12(19)5-3-11)22-18(25)10-26-16-7-6-13(21)8-14(16)20/h2-9H,10H2,1H3,(H,22,25). The van der Waals surface area contributed by atoms with Gasteiger partial charge in [-0.3, -0.25) is 9.48 Å².